The molecule has 0 aliphatic carbocycles. The quantitative estimate of drug-likeness (QED) is 0.514. The molecular formula is C26H27N3O7. The maximum absolute atomic E-state index is 12.9. The van der Waals surface area contributed by atoms with Gasteiger partial charge in [0.15, 0.2) is 23.9 Å². The third-order valence-electron chi connectivity index (χ3n) is 5.75. The first kappa shape index (κ1) is 24.6. The second-order valence-electron chi connectivity index (χ2n) is 7.99. The number of piperazine rings is 1. The lowest BCUT2D eigenvalue weighted by atomic mass is 10.1. The molecule has 0 radical (unpaired) electrons. The van der Waals surface area contributed by atoms with E-state index in [2.05, 4.69) is 5.32 Å². The highest BCUT2D eigenvalue weighted by molar-refractivity contribution is 6.02. The lowest BCUT2D eigenvalue weighted by Gasteiger charge is -2.34. The molecule has 2 heterocycles. The van der Waals surface area contributed by atoms with Gasteiger partial charge in [-0.15, -0.1) is 0 Å². The SMILES string of the molecule is COc1ccc(C(=O)N2CCN(C(=O)COc3cccc(NC(=O)c4ccco4)c3)CC2)cc1OC. The molecule has 188 valence electrons. The van der Waals surface area contributed by atoms with Crippen molar-refractivity contribution in [3.05, 3.63) is 72.2 Å². The maximum Gasteiger partial charge on any atom is 0.291 e. The minimum Gasteiger partial charge on any atom is -0.493 e. The number of ether oxygens (including phenoxy) is 3. The summed E-state index contributed by atoms with van der Waals surface area (Å²) in [7, 11) is 3.06. The number of hydrogen-bond donors (Lipinski definition) is 1. The molecule has 1 N–H and O–H groups in total. The zero-order valence-electron chi connectivity index (χ0n) is 20.1. The van der Waals surface area contributed by atoms with Crippen LogP contribution in [0, 0.1) is 0 Å². The first-order valence-electron chi connectivity index (χ1n) is 11.4. The van der Waals surface area contributed by atoms with Crippen LogP contribution in [0.3, 0.4) is 0 Å². The number of amides is 3. The number of nitrogens with one attached hydrogen (secondary N) is 1. The van der Waals surface area contributed by atoms with Gasteiger partial charge < -0.3 is 33.7 Å². The molecule has 36 heavy (non-hydrogen) atoms. The van der Waals surface area contributed by atoms with Crippen LogP contribution in [0.4, 0.5) is 5.69 Å². The molecule has 2 aromatic carbocycles. The summed E-state index contributed by atoms with van der Waals surface area (Å²) in [6.45, 7) is 1.47. The monoisotopic (exact) mass is 493 g/mol. The zero-order chi connectivity index (χ0) is 25.5. The van der Waals surface area contributed by atoms with Crippen LogP contribution in [0.5, 0.6) is 17.2 Å². The lowest BCUT2D eigenvalue weighted by molar-refractivity contribution is -0.134. The van der Waals surface area contributed by atoms with Gasteiger partial charge in [-0.3, -0.25) is 14.4 Å². The van der Waals surface area contributed by atoms with E-state index in [1.165, 1.54) is 20.5 Å². The Balaban J connectivity index is 1.27. The summed E-state index contributed by atoms with van der Waals surface area (Å²) in [5.74, 6) is 0.983. The Hall–Kier alpha value is -4.47. The van der Waals surface area contributed by atoms with Crippen LogP contribution in [-0.4, -0.2) is 74.5 Å². The number of hydrogen-bond acceptors (Lipinski definition) is 7. The van der Waals surface area contributed by atoms with Crippen molar-refractivity contribution in [1.29, 1.82) is 0 Å². The summed E-state index contributed by atoms with van der Waals surface area (Å²) >= 11 is 0. The third kappa shape index (κ3) is 5.77. The van der Waals surface area contributed by atoms with Crippen molar-refractivity contribution in [2.75, 3.05) is 52.3 Å². The summed E-state index contributed by atoms with van der Waals surface area (Å²) in [4.78, 5) is 41.1. The van der Waals surface area contributed by atoms with Crippen molar-refractivity contribution >= 4 is 23.4 Å². The molecule has 1 aromatic heterocycles. The molecule has 10 nitrogen and oxygen atoms in total. The summed E-state index contributed by atoms with van der Waals surface area (Å²) in [6.07, 6.45) is 1.42. The number of methoxy groups -OCH3 is 2. The minimum absolute atomic E-state index is 0.132. The van der Waals surface area contributed by atoms with E-state index in [1.807, 2.05) is 0 Å². The van der Waals surface area contributed by atoms with E-state index in [1.54, 1.807) is 64.4 Å². The van der Waals surface area contributed by atoms with E-state index in [9.17, 15) is 14.4 Å². The number of carbonyl (C=O) groups is 3. The average molecular weight is 494 g/mol. The Morgan fingerprint density at radius 2 is 1.64 bits per heavy atom. The van der Waals surface area contributed by atoms with Crippen LogP contribution in [0.2, 0.25) is 0 Å². The molecule has 0 saturated carbocycles. The van der Waals surface area contributed by atoms with E-state index in [0.29, 0.717) is 54.7 Å². The topological polar surface area (TPSA) is 111 Å². The van der Waals surface area contributed by atoms with E-state index in [0.717, 1.165) is 0 Å². The number of furan rings is 1. The Labute approximate surface area is 208 Å². The number of anilines is 1. The van der Waals surface area contributed by atoms with E-state index in [4.69, 9.17) is 18.6 Å². The van der Waals surface area contributed by atoms with Gasteiger partial charge in [-0.25, -0.2) is 0 Å². The standard InChI is InChI=1S/C26H27N3O7/c1-33-21-9-8-18(15-23(21)34-2)26(32)29-12-10-28(11-13-29)24(30)17-36-20-6-3-5-19(16-20)27-25(31)22-7-4-14-35-22/h3-9,14-16H,10-13,17H2,1-2H3,(H,27,31). The predicted octanol–water partition coefficient (Wildman–Crippen LogP) is 2.91. The van der Waals surface area contributed by atoms with Gasteiger partial charge in [-0.2, -0.15) is 0 Å². The third-order valence-corrected chi connectivity index (χ3v) is 5.75. The van der Waals surface area contributed by atoms with Crippen LogP contribution in [0.15, 0.2) is 65.3 Å². The Morgan fingerprint density at radius 1 is 0.889 bits per heavy atom. The fraction of sp³-hybridized carbons (Fsp3) is 0.269. The largest absolute Gasteiger partial charge is 0.493 e. The van der Waals surface area contributed by atoms with Crippen molar-refractivity contribution in [1.82, 2.24) is 9.80 Å². The summed E-state index contributed by atoms with van der Waals surface area (Å²) in [5.41, 5.74) is 1.01. The number of nitrogens with zero attached hydrogens (tertiary/aromatic N) is 2. The second kappa shape index (κ2) is 11.3. The zero-order valence-corrected chi connectivity index (χ0v) is 20.1. The molecule has 1 aliphatic heterocycles. The maximum atomic E-state index is 12.9. The smallest absolute Gasteiger partial charge is 0.291 e. The fourth-order valence-electron chi connectivity index (χ4n) is 3.81. The van der Waals surface area contributed by atoms with E-state index >= 15 is 0 Å². The van der Waals surface area contributed by atoms with Gasteiger partial charge in [0.05, 0.1) is 20.5 Å². The van der Waals surface area contributed by atoms with E-state index in [-0.39, 0.29) is 30.1 Å². The Kier molecular flexibility index (Phi) is 7.74. The van der Waals surface area contributed by atoms with Crippen molar-refractivity contribution in [2.24, 2.45) is 0 Å². The predicted molar refractivity (Wildman–Crippen MR) is 131 cm³/mol. The molecule has 4 rings (SSSR count). The van der Waals surface area contributed by atoms with Crippen molar-refractivity contribution in [3.63, 3.8) is 0 Å². The second-order valence-corrected chi connectivity index (χ2v) is 7.99. The first-order chi connectivity index (χ1) is 17.5. The highest BCUT2D eigenvalue weighted by Gasteiger charge is 2.25. The first-order valence-corrected chi connectivity index (χ1v) is 11.4. The molecule has 0 unspecified atom stereocenters. The molecule has 1 fully saturated rings. The highest BCUT2D eigenvalue weighted by atomic mass is 16.5. The summed E-state index contributed by atoms with van der Waals surface area (Å²) < 4.78 is 21.2. The molecule has 0 bridgehead atoms. The van der Waals surface area contributed by atoms with Crippen molar-refractivity contribution in [2.45, 2.75) is 0 Å². The summed E-state index contributed by atoms with van der Waals surface area (Å²) in [5, 5.41) is 2.72. The highest BCUT2D eigenvalue weighted by Crippen LogP contribution is 2.28. The molecule has 1 saturated heterocycles. The molecule has 3 aromatic rings. The lowest BCUT2D eigenvalue weighted by Crippen LogP contribution is -2.51. The van der Waals surface area contributed by atoms with Gasteiger partial charge in [0.1, 0.15) is 5.75 Å². The van der Waals surface area contributed by atoms with Gasteiger partial charge >= 0.3 is 0 Å². The molecule has 1 aliphatic rings. The number of benzene rings is 2. The molecule has 3 amide bonds. The number of rotatable bonds is 8. The van der Waals surface area contributed by atoms with Gasteiger partial charge in [0.25, 0.3) is 17.7 Å². The van der Waals surface area contributed by atoms with Crippen molar-refractivity contribution in [3.8, 4) is 17.2 Å². The molecule has 0 atom stereocenters. The average Bonchev–Trinajstić information content (AvgIpc) is 3.47. The minimum atomic E-state index is -0.381. The van der Waals surface area contributed by atoms with Gasteiger partial charge in [-0.05, 0) is 42.5 Å². The van der Waals surface area contributed by atoms with Gasteiger partial charge in [0.2, 0.25) is 0 Å². The van der Waals surface area contributed by atoms with Crippen LogP contribution < -0.4 is 19.5 Å². The van der Waals surface area contributed by atoms with Crippen LogP contribution in [-0.2, 0) is 4.79 Å². The van der Waals surface area contributed by atoms with Crippen LogP contribution >= 0.6 is 0 Å². The number of carbonyl (C=O) groups excluding carboxylic acids is 3. The Morgan fingerprint density at radius 3 is 2.33 bits per heavy atom. The molecule has 10 heteroatoms. The van der Waals surface area contributed by atoms with Gasteiger partial charge in [-0.1, -0.05) is 6.07 Å². The van der Waals surface area contributed by atoms with Crippen LogP contribution in [0.1, 0.15) is 20.9 Å². The normalized spacial score (nSPS) is 13.2. The van der Waals surface area contributed by atoms with Crippen LogP contribution in [0.25, 0.3) is 0 Å². The van der Waals surface area contributed by atoms with E-state index < -0.39 is 0 Å². The fourth-order valence-corrected chi connectivity index (χ4v) is 3.81. The van der Waals surface area contributed by atoms with Gasteiger partial charge in [0, 0.05) is 43.5 Å². The van der Waals surface area contributed by atoms with Crippen molar-refractivity contribution < 1.29 is 33.0 Å². The Bertz CT molecular complexity index is 1220. The molecular weight excluding hydrogens is 466 g/mol. The summed E-state index contributed by atoms with van der Waals surface area (Å²) in [6, 6.07) is 15.0. The molecule has 0 spiro atoms.